The summed E-state index contributed by atoms with van der Waals surface area (Å²) >= 11 is 0. The zero-order valence-corrected chi connectivity index (χ0v) is 27.6. The van der Waals surface area contributed by atoms with Gasteiger partial charge in [0, 0.05) is 12.8 Å². The Morgan fingerprint density at radius 3 is 1.93 bits per heavy atom. The summed E-state index contributed by atoms with van der Waals surface area (Å²) in [5.74, 6) is -0.114. The van der Waals surface area contributed by atoms with Crippen molar-refractivity contribution < 1.29 is 34.4 Å². The number of esters is 2. The Hall–Kier alpha value is -1.96. The van der Waals surface area contributed by atoms with Crippen molar-refractivity contribution in [1.29, 1.82) is 0 Å². The molecule has 0 aliphatic rings. The summed E-state index contributed by atoms with van der Waals surface area (Å²) in [5, 5.41) is 29.8. The molecule has 3 N–H and O–H groups in total. The molecule has 0 spiro atoms. The second-order valence-corrected chi connectivity index (χ2v) is 12.0. The molecule has 0 fully saturated rings. The third-order valence-electron chi connectivity index (χ3n) is 7.32. The number of aliphatic hydroxyl groups is 3. The molecule has 0 aliphatic heterocycles. The van der Waals surface area contributed by atoms with Crippen LogP contribution in [0.5, 0.6) is 0 Å². The average Bonchev–Trinajstić information content (AvgIpc) is 2.98. The van der Waals surface area contributed by atoms with Gasteiger partial charge in [-0.05, 0) is 57.3 Å². The highest BCUT2D eigenvalue weighted by atomic mass is 16.6. The first-order valence-electron chi connectivity index (χ1n) is 17.1. The molecule has 0 saturated heterocycles. The van der Waals surface area contributed by atoms with Crippen LogP contribution in [-0.2, 0) is 19.1 Å². The van der Waals surface area contributed by atoms with Gasteiger partial charge in [-0.3, -0.25) is 9.59 Å². The van der Waals surface area contributed by atoms with Crippen LogP contribution in [0.2, 0.25) is 0 Å². The van der Waals surface area contributed by atoms with Gasteiger partial charge in [0.1, 0.15) is 6.61 Å². The number of carbonyl (C=O) groups excluding carboxylic acids is 2. The van der Waals surface area contributed by atoms with Gasteiger partial charge in [-0.1, -0.05) is 115 Å². The van der Waals surface area contributed by atoms with Crippen molar-refractivity contribution in [3.05, 3.63) is 36.5 Å². The van der Waals surface area contributed by atoms with Crippen LogP contribution in [0.1, 0.15) is 143 Å². The van der Waals surface area contributed by atoms with Crippen LogP contribution in [0.4, 0.5) is 0 Å². The van der Waals surface area contributed by atoms with E-state index in [0.29, 0.717) is 19.3 Å². The first kappa shape index (κ1) is 41.0. The molecular formula is C36H64O7. The molecule has 0 aromatic heterocycles. The molecule has 2 unspecified atom stereocenters. The lowest BCUT2D eigenvalue weighted by molar-refractivity contribution is -0.161. The van der Waals surface area contributed by atoms with Crippen molar-refractivity contribution in [3.63, 3.8) is 0 Å². The van der Waals surface area contributed by atoms with Crippen LogP contribution in [-0.4, -0.2) is 58.8 Å². The zero-order chi connectivity index (χ0) is 32.0. The molecular weight excluding hydrogens is 544 g/mol. The summed E-state index contributed by atoms with van der Waals surface area (Å²) in [6, 6.07) is 0. The highest BCUT2D eigenvalue weighted by Gasteiger charge is 2.18. The molecule has 250 valence electrons. The first-order valence-corrected chi connectivity index (χ1v) is 17.1. The number of allylic oxidation sites excluding steroid dienone is 5. The summed E-state index contributed by atoms with van der Waals surface area (Å²) in [6.45, 7) is 6.10. The van der Waals surface area contributed by atoms with Crippen LogP contribution in [0.25, 0.3) is 0 Å². The van der Waals surface area contributed by atoms with E-state index in [9.17, 15) is 24.9 Å². The maximum absolute atomic E-state index is 12.1. The van der Waals surface area contributed by atoms with Gasteiger partial charge in [-0.25, -0.2) is 0 Å². The summed E-state index contributed by atoms with van der Waals surface area (Å²) in [7, 11) is 0. The van der Waals surface area contributed by atoms with Crippen molar-refractivity contribution in [2.75, 3.05) is 13.2 Å². The third kappa shape index (κ3) is 28.6. The maximum Gasteiger partial charge on any atom is 0.306 e. The predicted molar refractivity (Wildman–Crippen MR) is 176 cm³/mol. The highest BCUT2D eigenvalue weighted by molar-refractivity contribution is 5.70. The van der Waals surface area contributed by atoms with Gasteiger partial charge < -0.3 is 24.8 Å². The Bertz CT molecular complexity index is 744. The molecule has 3 atom stereocenters. The number of unbranched alkanes of at least 4 members (excludes halogenated alkanes) is 9. The molecule has 0 saturated carbocycles. The number of aliphatic hydroxyl groups excluding tert-OH is 3. The zero-order valence-electron chi connectivity index (χ0n) is 27.6. The molecule has 0 bridgehead atoms. The van der Waals surface area contributed by atoms with Crippen LogP contribution in [0.15, 0.2) is 36.5 Å². The van der Waals surface area contributed by atoms with Crippen LogP contribution in [0.3, 0.4) is 0 Å². The van der Waals surface area contributed by atoms with E-state index in [0.717, 1.165) is 44.4 Å². The van der Waals surface area contributed by atoms with E-state index in [1.807, 2.05) is 12.2 Å². The average molecular weight is 609 g/mol. The molecule has 0 aromatic carbocycles. The quantitative estimate of drug-likeness (QED) is 0.0449. The van der Waals surface area contributed by atoms with E-state index in [-0.39, 0.29) is 25.4 Å². The highest BCUT2D eigenvalue weighted by Crippen LogP contribution is 2.13. The minimum Gasteiger partial charge on any atom is -0.462 e. The normalized spacial score (nSPS) is 14.2. The Labute approximate surface area is 262 Å². The Kier molecular flexibility index (Phi) is 28.7. The molecule has 0 aromatic rings. The number of hydrogen-bond donors (Lipinski definition) is 3. The third-order valence-corrected chi connectivity index (χ3v) is 7.32. The molecule has 0 radical (unpaired) electrons. The number of ether oxygens (including phenoxy) is 2. The van der Waals surface area contributed by atoms with E-state index in [2.05, 4.69) is 45.1 Å². The van der Waals surface area contributed by atoms with E-state index in [1.54, 1.807) is 0 Å². The fraction of sp³-hybridized carbons (Fsp3) is 0.778. The van der Waals surface area contributed by atoms with Gasteiger partial charge in [0.15, 0.2) is 6.10 Å². The van der Waals surface area contributed by atoms with Gasteiger partial charge in [0.2, 0.25) is 0 Å². The number of rotatable bonds is 29. The summed E-state index contributed by atoms with van der Waals surface area (Å²) in [5.41, 5.74) is 0. The van der Waals surface area contributed by atoms with E-state index in [1.165, 1.54) is 51.4 Å². The molecule has 7 heteroatoms. The minimum atomic E-state index is -0.929. The number of hydrogen-bond acceptors (Lipinski definition) is 7. The van der Waals surface area contributed by atoms with Crippen LogP contribution in [0, 0.1) is 5.92 Å². The van der Waals surface area contributed by atoms with Crippen molar-refractivity contribution in [3.8, 4) is 0 Å². The largest absolute Gasteiger partial charge is 0.462 e. The Morgan fingerprint density at radius 1 is 0.674 bits per heavy atom. The van der Waals surface area contributed by atoms with Gasteiger partial charge in [-0.15, -0.1) is 0 Å². The second-order valence-electron chi connectivity index (χ2n) is 12.0. The van der Waals surface area contributed by atoms with Crippen LogP contribution >= 0.6 is 0 Å². The Morgan fingerprint density at radius 2 is 1.28 bits per heavy atom. The van der Waals surface area contributed by atoms with Gasteiger partial charge in [0.05, 0.1) is 18.8 Å². The lowest BCUT2D eigenvalue weighted by Gasteiger charge is -2.17. The van der Waals surface area contributed by atoms with Crippen molar-refractivity contribution in [2.24, 2.45) is 5.92 Å². The molecule has 0 aliphatic carbocycles. The summed E-state index contributed by atoms with van der Waals surface area (Å²) in [4.78, 5) is 24.1. The van der Waals surface area contributed by atoms with E-state index >= 15 is 0 Å². The van der Waals surface area contributed by atoms with E-state index in [4.69, 9.17) is 9.47 Å². The fourth-order valence-corrected chi connectivity index (χ4v) is 4.55. The van der Waals surface area contributed by atoms with Crippen LogP contribution < -0.4 is 0 Å². The van der Waals surface area contributed by atoms with Crippen molar-refractivity contribution >= 4 is 11.9 Å². The van der Waals surface area contributed by atoms with E-state index < -0.39 is 30.9 Å². The molecule has 0 rings (SSSR count). The van der Waals surface area contributed by atoms with Gasteiger partial charge in [-0.2, -0.15) is 0 Å². The minimum absolute atomic E-state index is 0.0705. The second kappa shape index (κ2) is 30.1. The molecule has 43 heavy (non-hydrogen) atoms. The summed E-state index contributed by atoms with van der Waals surface area (Å²) < 4.78 is 10.4. The smallest absolute Gasteiger partial charge is 0.306 e. The lowest BCUT2D eigenvalue weighted by Crippen LogP contribution is -2.28. The standard InChI is InChI=1S/C36H64O7/c1-4-5-6-7-8-9-10-11-12-15-18-21-25-33(38)34(39)26-23-28-35(40)42-30-32(29-37)43-36(41)27-22-19-16-13-14-17-20-24-31(2)3/h8-9,11-12,18,21,31-34,37-39H,4-7,10,13-17,19-20,22-30H2,1-3H3/b9-8-,12-11-,21-18-/t32-,33?,34?/m0/s1. The molecule has 0 amide bonds. The maximum atomic E-state index is 12.1. The predicted octanol–water partition coefficient (Wildman–Crippen LogP) is 7.91. The lowest BCUT2D eigenvalue weighted by atomic mass is 10.0. The SMILES string of the molecule is CCCCC/C=C\C/C=C\C/C=C\CC(O)C(O)CCCC(=O)OC[C@H](CO)OC(=O)CCCCCCCCCC(C)C. The van der Waals surface area contributed by atoms with Crippen molar-refractivity contribution in [1.82, 2.24) is 0 Å². The Balaban J connectivity index is 3.89. The molecule has 7 nitrogen and oxygen atoms in total. The monoisotopic (exact) mass is 608 g/mol. The topological polar surface area (TPSA) is 113 Å². The molecule has 0 heterocycles. The summed E-state index contributed by atoms with van der Waals surface area (Å²) in [6.07, 6.45) is 26.8. The van der Waals surface area contributed by atoms with Gasteiger partial charge >= 0.3 is 11.9 Å². The van der Waals surface area contributed by atoms with Crippen molar-refractivity contribution in [2.45, 2.75) is 161 Å². The first-order chi connectivity index (χ1) is 20.8. The fourth-order valence-electron chi connectivity index (χ4n) is 4.55. The number of carbonyl (C=O) groups is 2. The van der Waals surface area contributed by atoms with Gasteiger partial charge in [0.25, 0.3) is 0 Å².